The van der Waals surface area contributed by atoms with Gasteiger partial charge in [-0.1, -0.05) is 11.6 Å². The first-order valence-corrected chi connectivity index (χ1v) is 7.28. The second-order valence-electron chi connectivity index (χ2n) is 5.15. The van der Waals surface area contributed by atoms with Gasteiger partial charge in [0.25, 0.3) is 0 Å². The van der Waals surface area contributed by atoms with E-state index in [0.717, 1.165) is 17.5 Å². The van der Waals surface area contributed by atoms with E-state index in [-0.39, 0.29) is 25.4 Å². The first-order valence-electron chi connectivity index (χ1n) is 6.91. The topological polar surface area (TPSA) is 73.2 Å². The Kier molecular flexibility index (Phi) is 5.18. The Hall–Kier alpha value is -1.77. The largest absolute Gasteiger partial charge is 0.468 e. The Morgan fingerprint density at radius 1 is 1.43 bits per heavy atom. The van der Waals surface area contributed by atoms with Gasteiger partial charge in [-0.2, -0.15) is 18.3 Å². The van der Waals surface area contributed by atoms with E-state index in [4.69, 9.17) is 11.6 Å². The third-order valence-electron chi connectivity index (χ3n) is 3.37. The first kappa shape index (κ1) is 17.6. The molecule has 0 aromatic carbocycles. The molecule has 0 aliphatic heterocycles. The van der Waals surface area contributed by atoms with Crippen LogP contribution in [0.3, 0.4) is 0 Å². The Bertz CT molecular complexity index is 612. The van der Waals surface area contributed by atoms with Crippen LogP contribution in [0.25, 0.3) is 0 Å². The van der Waals surface area contributed by atoms with Gasteiger partial charge in [-0.15, -0.1) is 0 Å². The molecule has 1 aromatic rings. The molecule has 0 unspecified atom stereocenters. The molecule has 0 radical (unpaired) electrons. The number of nitrogens with one attached hydrogen (secondary N) is 1. The van der Waals surface area contributed by atoms with Gasteiger partial charge in [-0.05, 0) is 12.8 Å². The monoisotopic (exact) mass is 353 g/mol. The van der Waals surface area contributed by atoms with E-state index in [1.807, 2.05) is 0 Å². The number of methoxy groups -OCH3 is 1. The highest BCUT2D eigenvalue weighted by atomic mass is 35.5. The molecule has 10 heteroatoms. The predicted molar refractivity (Wildman–Crippen MR) is 73.9 cm³/mol. The average molecular weight is 354 g/mol. The molecule has 1 heterocycles. The number of ether oxygens (including phenoxy) is 1. The molecule has 23 heavy (non-hydrogen) atoms. The molecule has 0 spiro atoms. The van der Waals surface area contributed by atoms with Crippen molar-refractivity contribution in [3.05, 3.63) is 16.4 Å². The van der Waals surface area contributed by atoms with Gasteiger partial charge in [0.2, 0.25) is 5.91 Å². The molecule has 1 fully saturated rings. The van der Waals surface area contributed by atoms with Gasteiger partial charge in [0.15, 0.2) is 5.69 Å². The van der Waals surface area contributed by atoms with Crippen molar-refractivity contribution in [1.82, 2.24) is 15.1 Å². The average Bonchev–Trinajstić information content (AvgIpc) is 3.25. The van der Waals surface area contributed by atoms with Crippen LogP contribution in [0.15, 0.2) is 0 Å². The Labute approximate surface area is 134 Å². The van der Waals surface area contributed by atoms with Crippen LogP contribution in [-0.4, -0.2) is 35.3 Å². The Balaban J connectivity index is 2.05. The van der Waals surface area contributed by atoms with Crippen LogP contribution in [0, 0.1) is 0 Å². The van der Waals surface area contributed by atoms with Crippen LogP contribution in [0.1, 0.15) is 36.6 Å². The summed E-state index contributed by atoms with van der Waals surface area (Å²) >= 11 is 5.82. The lowest BCUT2D eigenvalue weighted by molar-refractivity contribution is -0.142. The molecular formula is C13H15ClF3N3O3. The van der Waals surface area contributed by atoms with Crippen molar-refractivity contribution in [2.75, 3.05) is 13.7 Å². The number of halogens is 4. The van der Waals surface area contributed by atoms with Crippen LogP contribution < -0.4 is 5.32 Å². The molecule has 1 aliphatic carbocycles. The minimum Gasteiger partial charge on any atom is -0.468 e. The van der Waals surface area contributed by atoms with E-state index in [9.17, 15) is 22.8 Å². The fraction of sp³-hybridized carbons (Fsp3) is 0.615. The number of aromatic nitrogens is 2. The normalized spacial score (nSPS) is 14.7. The van der Waals surface area contributed by atoms with E-state index < -0.39 is 28.8 Å². The maximum absolute atomic E-state index is 12.9. The van der Waals surface area contributed by atoms with E-state index in [0.29, 0.717) is 5.69 Å². The second-order valence-corrected chi connectivity index (χ2v) is 5.52. The van der Waals surface area contributed by atoms with Crippen LogP contribution in [0.4, 0.5) is 13.2 Å². The van der Waals surface area contributed by atoms with E-state index in [1.165, 1.54) is 7.11 Å². The molecule has 1 N–H and O–H groups in total. The van der Waals surface area contributed by atoms with E-state index >= 15 is 0 Å². The lowest BCUT2D eigenvalue weighted by Crippen LogP contribution is -2.30. The van der Waals surface area contributed by atoms with Gasteiger partial charge in [0.1, 0.15) is 6.54 Å². The number of alkyl halides is 3. The summed E-state index contributed by atoms with van der Waals surface area (Å²) in [5, 5.41) is 5.43. The first-order chi connectivity index (χ1) is 10.7. The van der Waals surface area contributed by atoms with Crippen molar-refractivity contribution in [1.29, 1.82) is 0 Å². The summed E-state index contributed by atoms with van der Waals surface area (Å²) in [6.45, 7) is -0.340. The lowest BCUT2D eigenvalue weighted by atomic mass is 10.2. The predicted octanol–water partition coefficient (Wildman–Crippen LogP) is 2.11. The number of rotatable bonds is 6. The van der Waals surface area contributed by atoms with Gasteiger partial charge in [0.05, 0.1) is 24.4 Å². The molecule has 1 aromatic heterocycles. The number of amides is 1. The SMILES string of the molecule is COC(=O)CNC(=O)CCn1nc(C(F)(F)F)c(Cl)c1C1CC1. The van der Waals surface area contributed by atoms with E-state index in [1.54, 1.807) is 0 Å². The zero-order valence-electron chi connectivity index (χ0n) is 12.2. The fourth-order valence-corrected chi connectivity index (χ4v) is 2.49. The number of carbonyl (C=O) groups is 2. The van der Waals surface area contributed by atoms with Gasteiger partial charge in [-0.25, -0.2) is 0 Å². The number of aryl methyl sites for hydroxylation is 1. The number of carbonyl (C=O) groups excluding carboxylic acids is 2. The molecule has 1 aliphatic rings. The second kappa shape index (κ2) is 6.77. The summed E-state index contributed by atoms with van der Waals surface area (Å²) in [7, 11) is 1.18. The molecule has 0 bridgehead atoms. The summed E-state index contributed by atoms with van der Waals surface area (Å²) in [6.07, 6.45) is -3.26. The molecule has 0 atom stereocenters. The number of nitrogens with zero attached hydrogens (tertiary/aromatic N) is 2. The molecule has 1 amide bonds. The molecular weight excluding hydrogens is 339 g/mol. The van der Waals surface area contributed by atoms with Crippen LogP contribution >= 0.6 is 11.6 Å². The lowest BCUT2D eigenvalue weighted by Gasteiger charge is -2.07. The smallest absolute Gasteiger partial charge is 0.436 e. The zero-order chi connectivity index (χ0) is 17.2. The van der Waals surface area contributed by atoms with Crippen molar-refractivity contribution in [2.24, 2.45) is 0 Å². The van der Waals surface area contributed by atoms with Crippen LogP contribution in [0.2, 0.25) is 5.02 Å². The third kappa shape index (κ3) is 4.37. The minimum absolute atomic E-state index is 0.0470. The van der Waals surface area contributed by atoms with Gasteiger partial charge >= 0.3 is 12.1 Å². The van der Waals surface area contributed by atoms with E-state index in [2.05, 4.69) is 15.2 Å². The highest BCUT2D eigenvalue weighted by Gasteiger charge is 2.41. The summed E-state index contributed by atoms with van der Waals surface area (Å²) in [4.78, 5) is 22.5. The summed E-state index contributed by atoms with van der Waals surface area (Å²) in [5.74, 6) is -1.15. The number of esters is 1. The maximum atomic E-state index is 12.9. The Morgan fingerprint density at radius 2 is 2.09 bits per heavy atom. The molecule has 2 rings (SSSR count). The zero-order valence-corrected chi connectivity index (χ0v) is 13.0. The number of hydrogen-bond donors (Lipinski definition) is 1. The van der Waals surface area contributed by atoms with Crippen LogP contribution in [-0.2, 0) is 27.0 Å². The van der Waals surface area contributed by atoms with Gasteiger partial charge in [0, 0.05) is 12.3 Å². The van der Waals surface area contributed by atoms with Crippen molar-refractivity contribution in [2.45, 2.75) is 37.9 Å². The minimum atomic E-state index is -4.64. The fourth-order valence-electron chi connectivity index (χ4n) is 2.09. The molecule has 1 saturated carbocycles. The standard InChI is InChI=1S/C13H15ClF3N3O3/c1-23-9(22)6-18-8(21)4-5-20-11(7-2-3-7)10(14)12(19-20)13(15,16)17/h7H,2-6H2,1H3,(H,18,21). The van der Waals surface area contributed by atoms with Crippen molar-refractivity contribution < 1.29 is 27.5 Å². The number of hydrogen-bond acceptors (Lipinski definition) is 4. The van der Waals surface area contributed by atoms with Crippen molar-refractivity contribution in [3.63, 3.8) is 0 Å². The Morgan fingerprint density at radius 3 is 2.61 bits per heavy atom. The highest BCUT2D eigenvalue weighted by molar-refractivity contribution is 6.32. The van der Waals surface area contributed by atoms with Gasteiger partial charge in [-0.3, -0.25) is 14.3 Å². The molecule has 6 nitrogen and oxygen atoms in total. The van der Waals surface area contributed by atoms with Crippen molar-refractivity contribution >= 4 is 23.5 Å². The van der Waals surface area contributed by atoms with Gasteiger partial charge < -0.3 is 10.1 Å². The molecule has 0 saturated heterocycles. The summed E-state index contributed by atoms with van der Waals surface area (Å²) in [6, 6.07) is 0. The summed E-state index contributed by atoms with van der Waals surface area (Å²) in [5.41, 5.74) is -0.809. The maximum Gasteiger partial charge on any atom is 0.436 e. The molecule has 128 valence electrons. The highest BCUT2D eigenvalue weighted by Crippen LogP contribution is 2.46. The summed E-state index contributed by atoms with van der Waals surface area (Å²) < 4.78 is 44.2. The van der Waals surface area contributed by atoms with Crippen molar-refractivity contribution in [3.8, 4) is 0 Å². The third-order valence-corrected chi connectivity index (χ3v) is 3.75. The quantitative estimate of drug-likeness (QED) is 0.795. The van der Waals surface area contributed by atoms with Crippen LogP contribution in [0.5, 0.6) is 0 Å².